The lowest BCUT2D eigenvalue weighted by Gasteiger charge is -2.07. The van der Waals surface area contributed by atoms with Gasteiger partial charge in [-0.25, -0.2) is 4.98 Å². The van der Waals surface area contributed by atoms with Crippen LogP contribution in [0, 0.1) is 5.92 Å². The first-order chi connectivity index (χ1) is 6.66. The van der Waals surface area contributed by atoms with Gasteiger partial charge in [-0.1, -0.05) is 20.8 Å². The quantitative estimate of drug-likeness (QED) is 0.735. The van der Waals surface area contributed by atoms with E-state index in [9.17, 15) is 0 Å². The molecule has 0 bridgehead atoms. The van der Waals surface area contributed by atoms with Crippen LogP contribution in [0.25, 0.3) is 0 Å². The highest BCUT2D eigenvalue weighted by Crippen LogP contribution is 2.52. The van der Waals surface area contributed by atoms with Crippen molar-refractivity contribution in [2.24, 2.45) is 5.92 Å². The molecule has 2 rings (SSSR count). The van der Waals surface area contributed by atoms with E-state index >= 15 is 0 Å². The zero-order valence-electron chi connectivity index (χ0n) is 9.34. The average molecular weight is 209 g/mol. The molecule has 0 aliphatic heterocycles. The van der Waals surface area contributed by atoms with E-state index in [2.05, 4.69) is 32.0 Å². The summed E-state index contributed by atoms with van der Waals surface area (Å²) in [5.41, 5.74) is 0.549. The van der Waals surface area contributed by atoms with E-state index in [4.69, 9.17) is 0 Å². The summed E-state index contributed by atoms with van der Waals surface area (Å²) in [6, 6.07) is 0. The van der Waals surface area contributed by atoms with Crippen LogP contribution in [0.3, 0.4) is 0 Å². The van der Waals surface area contributed by atoms with Crippen LogP contribution in [0.1, 0.15) is 49.9 Å². The van der Waals surface area contributed by atoms with E-state index in [-0.39, 0.29) is 0 Å². The molecule has 0 radical (unpaired) electrons. The molecular formula is C12H19NS. The molecule has 1 fully saturated rings. The van der Waals surface area contributed by atoms with Crippen molar-refractivity contribution in [2.75, 3.05) is 0 Å². The van der Waals surface area contributed by atoms with Crippen molar-refractivity contribution in [1.82, 2.24) is 4.98 Å². The zero-order valence-corrected chi connectivity index (χ0v) is 10.2. The van der Waals surface area contributed by atoms with Crippen LogP contribution in [0.2, 0.25) is 0 Å². The number of hydrogen-bond donors (Lipinski definition) is 0. The van der Waals surface area contributed by atoms with Crippen molar-refractivity contribution in [3.63, 3.8) is 0 Å². The number of thiazole rings is 1. The van der Waals surface area contributed by atoms with E-state index in [1.54, 1.807) is 0 Å². The predicted molar refractivity (Wildman–Crippen MR) is 61.9 cm³/mol. The Hall–Kier alpha value is -0.370. The molecule has 2 heteroatoms. The van der Waals surface area contributed by atoms with Gasteiger partial charge in [-0.05, 0) is 25.2 Å². The Labute approximate surface area is 90.6 Å². The standard InChI is InChI=1S/C12H19NS/c1-4-12(5-6-12)10-8-13-11(14-10)7-9(2)3/h8-9H,4-7H2,1-3H3. The number of nitrogens with zero attached hydrogens (tertiary/aromatic N) is 1. The molecule has 0 aromatic carbocycles. The highest BCUT2D eigenvalue weighted by molar-refractivity contribution is 7.11. The van der Waals surface area contributed by atoms with Gasteiger partial charge >= 0.3 is 0 Å². The molecule has 1 saturated carbocycles. The minimum atomic E-state index is 0.549. The Bertz CT molecular complexity index is 310. The minimum absolute atomic E-state index is 0.549. The predicted octanol–water partition coefficient (Wildman–Crippen LogP) is 3.78. The van der Waals surface area contributed by atoms with Crippen LogP contribution in [0.5, 0.6) is 0 Å². The molecular weight excluding hydrogens is 190 g/mol. The first kappa shape index (κ1) is 10.2. The third-order valence-electron chi connectivity index (χ3n) is 3.19. The highest BCUT2D eigenvalue weighted by Gasteiger charge is 2.43. The van der Waals surface area contributed by atoms with E-state index in [1.807, 2.05) is 11.3 Å². The Kier molecular flexibility index (Phi) is 2.65. The fraction of sp³-hybridized carbons (Fsp3) is 0.750. The van der Waals surface area contributed by atoms with Crippen LogP contribution in [-0.2, 0) is 11.8 Å². The Morgan fingerprint density at radius 2 is 2.21 bits per heavy atom. The maximum absolute atomic E-state index is 4.53. The average Bonchev–Trinajstić information content (AvgIpc) is 2.81. The SMILES string of the molecule is CCC1(c2cnc(CC(C)C)s2)CC1. The van der Waals surface area contributed by atoms with Crippen molar-refractivity contribution >= 4 is 11.3 Å². The number of aromatic nitrogens is 1. The summed E-state index contributed by atoms with van der Waals surface area (Å²) < 4.78 is 0. The van der Waals surface area contributed by atoms with Gasteiger partial charge in [-0.2, -0.15) is 0 Å². The molecule has 0 N–H and O–H groups in total. The topological polar surface area (TPSA) is 12.9 Å². The highest BCUT2D eigenvalue weighted by atomic mass is 32.1. The van der Waals surface area contributed by atoms with Crippen LogP contribution in [0.15, 0.2) is 6.20 Å². The lowest BCUT2D eigenvalue weighted by molar-refractivity contribution is 0.644. The maximum Gasteiger partial charge on any atom is 0.0930 e. The van der Waals surface area contributed by atoms with Gasteiger partial charge in [-0.15, -0.1) is 11.3 Å². The molecule has 1 nitrogen and oxygen atoms in total. The van der Waals surface area contributed by atoms with Gasteiger partial charge in [0, 0.05) is 22.9 Å². The second-order valence-corrected chi connectivity index (χ2v) is 5.97. The number of hydrogen-bond acceptors (Lipinski definition) is 2. The fourth-order valence-electron chi connectivity index (χ4n) is 1.92. The second kappa shape index (κ2) is 3.65. The summed E-state index contributed by atoms with van der Waals surface area (Å²) in [5, 5.41) is 1.33. The molecule has 0 spiro atoms. The van der Waals surface area contributed by atoms with Gasteiger partial charge in [0.25, 0.3) is 0 Å². The van der Waals surface area contributed by atoms with E-state index in [1.165, 1.54) is 29.1 Å². The molecule has 0 unspecified atom stereocenters. The van der Waals surface area contributed by atoms with Crippen LogP contribution >= 0.6 is 11.3 Å². The van der Waals surface area contributed by atoms with E-state index in [0.717, 1.165) is 12.3 Å². The zero-order chi connectivity index (χ0) is 10.2. The molecule has 1 aromatic heterocycles. The monoisotopic (exact) mass is 209 g/mol. The summed E-state index contributed by atoms with van der Waals surface area (Å²) in [6.07, 6.45) is 7.32. The summed E-state index contributed by atoms with van der Waals surface area (Å²) in [7, 11) is 0. The van der Waals surface area contributed by atoms with Crippen LogP contribution < -0.4 is 0 Å². The molecule has 0 saturated heterocycles. The van der Waals surface area contributed by atoms with Gasteiger partial charge in [-0.3, -0.25) is 0 Å². The second-order valence-electron chi connectivity index (χ2n) is 4.85. The normalized spacial score (nSPS) is 18.9. The molecule has 78 valence electrons. The molecule has 1 heterocycles. The summed E-state index contributed by atoms with van der Waals surface area (Å²) >= 11 is 1.94. The van der Waals surface area contributed by atoms with Gasteiger partial charge in [0.1, 0.15) is 0 Å². The van der Waals surface area contributed by atoms with Crippen molar-refractivity contribution in [2.45, 2.75) is 51.9 Å². The molecule has 1 aliphatic carbocycles. The Balaban J connectivity index is 2.10. The summed E-state index contributed by atoms with van der Waals surface area (Å²) in [4.78, 5) is 6.07. The molecule has 0 atom stereocenters. The minimum Gasteiger partial charge on any atom is -0.249 e. The first-order valence-corrected chi connectivity index (χ1v) is 6.43. The summed E-state index contributed by atoms with van der Waals surface area (Å²) in [5.74, 6) is 0.728. The smallest absolute Gasteiger partial charge is 0.0930 e. The first-order valence-electron chi connectivity index (χ1n) is 5.61. The molecule has 14 heavy (non-hydrogen) atoms. The Morgan fingerprint density at radius 1 is 1.50 bits per heavy atom. The third-order valence-corrected chi connectivity index (χ3v) is 4.46. The molecule has 1 aromatic rings. The third kappa shape index (κ3) is 1.85. The van der Waals surface area contributed by atoms with Crippen LogP contribution in [-0.4, -0.2) is 4.98 Å². The summed E-state index contributed by atoms with van der Waals surface area (Å²) in [6.45, 7) is 6.82. The van der Waals surface area contributed by atoms with Crippen molar-refractivity contribution in [3.05, 3.63) is 16.1 Å². The van der Waals surface area contributed by atoms with Gasteiger partial charge < -0.3 is 0 Å². The van der Waals surface area contributed by atoms with Gasteiger partial charge in [0.05, 0.1) is 5.01 Å². The van der Waals surface area contributed by atoms with Crippen molar-refractivity contribution in [3.8, 4) is 0 Å². The largest absolute Gasteiger partial charge is 0.249 e. The van der Waals surface area contributed by atoms with E-state index in [0.29, 0.717) is 5.41 Å². The lowest BCUT2D eigenvalue weighted by Crippen LogP contribution is -2.00. The van der Waals surface area contributed by atoms with Crippen molar-refractivity contribution in [1.29, 1.82) is 0 Å². The van der Waals surface area contributed by atoms with Crippen molar-refractivity contribution < 1.29 is 0 Å². The number of rotatable bonds is 4. The Morgan fingerprint density at radius 3 is 2.71 bits per heavy atom. The van der Waals surface area contributed by atoms with E-state index < -0.39 is 0 Å². The van der Waals surface area contributed by atoms with Crippen LogP contribution in [0.4, 0.5) is 0 Å². The lowest BCUT2D eigenvalue weighted by atomic mass is 10.0. The molecule has 0 amide bonds. The van der Waals surface area contributed by atoms with Gasteiger partial charge in [0.2, 0.25) is 0 Å². The maximum atomic E-state index is 4.53. The van der Waals surface area contributed by atoms with Gasteiger partial charge in [0.15, 0.2) is 0 Å². The molecule has 1 aliphatic rings. The fourth-order valence-corrected chi connectivity index (χ4v) is 3.37.